The van der Waals surface area contributed by atoms with Gasteiger partial charge in [0.25, 0.3) is 0 Å². The fraction of sp³-hybridized carbons (Fsp3) is 0.357. The highest BCUT2D eigenvalue weighted by Crippen LogP contribution is 2.37. The zero-order chi connectivity index (χ0) is 12.5. The van der Waals surface area contributed by atoms with E-state index < -0.39 is 6.10 Å². The van der Waals surface area contributed by atoms with E-state index in [1.54, 1.807) is 19.6 Å². The minimum Gasteiger partial charge on any atom is -0.497 e. The summed E-state index contributed by atoms with van der Waals surface area (Å²) >= 11 is 0. The molecule has 0 aliphatic heterocycles. The molecule has 0 radical (unpaired) electrons. The second kappa shape index (κ2) is 4.46. The monoisotopic (exact) mass is 244 g/mol. The lowest BCUT2D eigenvalue weighted by atomic mass is 10.1. The van der Waals surface area contributed by atoms with Crippen LogP contribution in [0.3, 0.4) is 0 Å². The number of nitrogens with zero attached hydrogens (tertiary/aromatic N) is 2. The number of ether oxygens (including phenoxy) is 1. The molecule has 1 atom stereocenters. The van der Waals surface area contributed by atoms with Crippen LogP contribution in [0.15, 0.2) is 36.8 Å². The van der Waals surface area contributed by atoms with Crippen molar-refractivity contribution in [1.82, 2.24) is 9.55 Å². The van der Waals surface area contributed by atoms with Crippen molar-refractivity contribution < 1.29 is 9.84 Å². The number of aromatic nitrogens is 2. The number of imidazole rings is 1. The number of aliphatic hydroxyl groups is 1. The summed E-state index contributed by atoms with van der Waals surface area (Å²) in [6, 6.07) is 8.00. The highest BCUT2D eigenvalue weighted by Gasteiger charge is 2.27. The van der Waals surface area contributed by atoms with Gasteiger partial charge in [-0.15, -0.1) is 0 Å². The molecule has 0 spiro atoms. The van der Waals surface area contributed by atoms with Crippen LogP contribution < -0.4 is 4.74 Å². The van der Waals surface area contributed by atoms with E-state index in [0.717, 1.165) is 17.0 Å². The molecule has 4 nitrogen and oxygen atoms in total. The summed E-state index contributed by atoms with van der Waals surface area (Å²) in [5, 5.41) is 10.4. The number of aliphatic hydroxyl groups excluding tert-OH is 1. The quantitative estimate of drug-likeness (QED) is 0.897. The van der Waals surface area contributed by atoms with E-state index in [9.17, 15) is 5.11 Å². The van der Waals surface area contributed by atoms with Gasteiger partial charge in [-0.1, -0.05) is 12.1 Å². The first kappa shape index (κ1) is 11.3. The molecule has 1 unspecified atom stereocenters. The first-order chi connectivity index (χ1) is 8.79. The van der Waals surface area contributed by atoms with Gasteiger partial charge < -0.3 is 14.4 Å². The highest BCUT2D eigenvalue weighted by atomic mass is 16.5. The van der Waals surface area contributed by atoms with E-state index in [-0.39, 0.29) is 0 Å². The van der Waals surface area contributed by atoms with Gasteiger partial charge in [-0.2, -0.15) is 0 Å². The Hall–Kier alpha value is -1.81. The molecule has 1 aromatic carbocycles. The van der Waals surface area contributed by atoms with Gasteiger partial charge in [0.2, 0.25) is 0 Å². The van der Waals surface area contributed by atoms with Crippen molar-refractivity contribution in [2.75, 3.05) is 7.11 Å². The Morgan fingerprint density at radius 1 is 1.33 bits per heavy atom. The molecule has 1 aliphatic rings. The third kappa shape index (κ3) is 1.99. The summed E-state index contributed by atoms with van der Waals surface area (Å²) < 4.78 is 7.19. The predicted molar refractivity (Wildman–Crippen MR) is 67.6 cm³/mol. The Balaban J connectivity index is 1.88. The van der Waals surface area contributed by atoms with Gasteiger partial charge in [-0.25, -0.2) is 4.98 Å². The zero-order valence-electron chi connectivity index (χ0n) is 10.3. The van der Waals surface area contributed by atoms with Crippen LogP contribution in [-0.4, -0.2) is 21.8 Å². The van der Waals surface area contributed by atoms with Crippen molar-refractivity contribution in [2.45, 2.75) is 25.0 Å². The SMILES string of the molecule is COc1ccc(C(O)c2cncn2C2CC2)cc1. The topological polar surface area (TPSA) is 47.3 Å². The van der Waals surface area contributed by atoms with E-state index in [1.807, 2.05) is 24.3 Å². The van der Waals surface area contributed by atoms with Crippen LogP contribution in [0.1, 0.15) is 36.2 Å². The molecule has 1 fully saturated rings. The largest absolute Gasteiger partial charge is 0.497 e. The van der Waals surface area contributed by atoms with Crippen LogP contribution in [0.5, 0.6) is 5.75 Å². The minimum absolute atomic E-state index is 0.524. The van der Waals surface area contributed by atoms with Crippen molar-refractivity contribution in [3.8, 4) is 5.75 Å². The molecule has 0 saturated heterocycles. The normalized spacial score (nSPS) is 16.6. The van der Waals surface area contributed by atoms with Gasteiger partial charge in [-0.05, 0) is 30.5 Å². The van der Waals surface area contributed by atoms with Crippen LogP contribution >= 0.6 is 0 Å². The highest BCUT2D eigenvalue weighted by molar-refractivity contribution is 5.32. The summed E-state index contributed by atoms with van der Waals surface area (Å²) in [7, 11) is 1.63. The Morgan fingerprint density at radius 3 is 2.67 bits per heavy atom. The van der Waals surface area contributed by atoms with Crippen molar-refractivity contribution in [3.63, 3.8) is 0 Å². The van der Waals surface area contributed by atoms with Gasteiger partial charge in [-0.3, -0.25) is 0 Å². The van der Waals surface area contributed by atoms with Crippen molar-refractivity contribution in [3.05, 3.63) is 48.0 Å². The molecular weight excluding hydrogens is 228 g/mol. The lowest BCUT2D eigenvalue weighted by Gasteiger charge is -2.14. The number of benzene rings is 1. The molecule has 1 aliphatic carbocycles. The molecule has 3 rings (SSSR count). The van der Waals surface area contributed by atoms with Crippen LogP contribution in [0, 0.1) is 0 Å². The molecule has 94 valence electrons. The van der Waals surface area contributed by atoms with Gasteiger partial charge in [0, 0.05) is 6.04 Å². The molecule has 1 saturated carbocycles. The first-order valence-corrected chi connectivity index (χ1v) is 6.13. The molecule has 0 amide bonds. The van der Waals surface area contributed by atoms with Crippen LogP contribution in [0.25, 0.3) is 0 Å². The molecule has 1 heterocycles. The standard InChI is InChI=1S/C14H16N2O2/c1-18-12-6-2-10(3-7-12)14(17)13-8-15-9-16(13)11-4-5-11/h2-3,6-9,11,14,17H,4-5H2,1H3. The maximum atomic E-state index is 10.4. The third-order valence-corrected chi connectivity index (χ3v) is 3.35. The van der Waals surface area contributed by atoms with E-state index in [0.29, 0.717) is 6.04 Å². The fourth-order valence-corrected chi connectivity index (χ4v) is 2.14. The first-order valence-electron chi connectivity index (χ1n) is 6.13. The van der Waals surface area contributed by atoms with E-state index >= 15 is 0 Å². The zero-order valence-corrected chi connectivity index (χ0v) is 10.3. The number of hydrogen-bond acceptors (Lipinski definition) is 3. The summed E-state index contributed by atoms with van der Waals surface area (Å²) in [5.74, 6) is 0.793. The summed E-state index contributed by atoms with van der Waals surface area (Å²) in [6.07, 6.45) is 5.28. The molecule has 0 bridgehead atoms. The average Bonchev–Trinajstić information content (AvgIpc) is 3.15. The van der Waals surface area contributed by atoms with Crippen molar-refractivity contribution >= 4 is 0 Å². The Morgan fingerprint density at radius 2 is 2.06 bits per heavy atom. The fourth-order valence-electron chi connectivity index (χ4n) is 2.14. The summed E-state index contributed by atoms with van der Waals surface area (Å²) in [6.45, 7) is 0. The van der Waals surface area contributed by atoms with Gasteiger partial charge in [0.1, 0.15) is 11.9 Å². The van der Waals surface area contributed by atoms with Gasteiger partial charge in [0.05, 0.1) is 25.3 Å². The van der Waals surface area contributed by atoms with Crippen molar-refractivity contribution in [2.24, 2.45) is 0 Å². The molecule has 4 heteroatoms. The molecule has 1 aromatic heterocycles. The Kier molecular flexibility index (Phi) is 2.80. The molecule has 2 aromatic rings. The molecular formula is C14H16N2O2. The predicted octanol–water partition coefficient (Wildman–Crippen LogP) is 2.31. The summed E-state index contributed by atoms with van der Waals surface area (Å²) in [4.78, 5) is 4.14. The number of rotatable bonds is 4. The lowest BCUT2D eigenvalue weighted by Crippen LogP contribution is -2.07. The van der Waals surface area contributed by atoms with E-state index in [1.165, 1.54) is 12.8 Å². The minimum atomic E-state index is -0.626. The van der Waals surface area contributed by atoms with Crippen molar-refractivity contribution in [1.29, 1.82) is 0 Å². The number of hydrogen-bond donors (Lipinski definition) is 1. The Labute approximate surface area is 106 Å². The molecule has 18 heavy (non-hydrogen) atoms. The molecule has 1 N–H and O–H groups in total. The average molecular weight is 244 g/mol. The van der Waals surface area contributed by atoms with Gasteiger partial charge >= 0.3 is 0 Å². The Bertz CT molecular complexity index is 529. The second-order valence-electron chi connectivity index (χ2n) is 4.63. The van der Waals surface area contributed by atoms with Crippen LogP contribution in [-0.2, 0) is 0 Å². The smallest absolute Gasteiger partial charge is 0.121 e. The summed E-state index contributed by atoms with van der Waals surface area (Å²) in [5.41, 5.74) is 1.72. The maximum absolute atomic E-state index is 10.4. The lowest BCUT2D eigenvalue weighted by molar-refractivity contribution is 0.209. The van der Waals surface area contributed by atoms with E-state index in [4.69, 9.17) is 4.74 Å². The number of methoxy groups -OCH3 is 1. The second-order valence-corrected chi connectivity index (χ2v) is 4.63. The van der Waals surface area contributed by atoms with Gasteiger partial charge in [0.15, 0.2) is 0 Å². The van der Waals surface area contributed by atoms with Crippen LogP contribution in [0.4, 0.5) is 0 Å². The van der Waals surface area contributed by atoms with Crippen LogP contribution in [0.2, 0.25) is 0 Å². The maximum Gasteiger partial charge on any atom is 0.121 e. The van der Waals surface area contributed by atoms with E-state index in [2.05, 4.69) is 9.55 Å². The third-order valence-electron chi connectivity index (χ3n) is 3.35.